The number of nitrogens with zero attached hydrogens (tertiary/aromatic N) is 1. The van der Waals surface area contributed by atoms with Gasteiger partial charge in [0.05, 0.1) is 5.56 Å². The Morgan fingerprint density at radius 2 is 2.05 bits per heavy atom. The van der Waals surface area contributed by atoms with Gasteiger partial charge in [0.25, 0.3) is 5.91 Å². The first kappa shape index (κ1) is 11.9. The number of likely N-dealkylation sites (N-methyl/N-ethyl adjacent to an activating group) is 1. The van der Waals surface area contributed by atoms with Gasteiger partial charge >= 0.3 is 0 Å². The normalized spacial score (nSPS) is 14.7. The number of nitrogens with one attached hydrogen (secondary N) is 1. The SMILES string of the molecule is CN1CCc2[nH]cc(-c3ccc(F)cc3F)c2C1=O. The third kappa shape index (κ3) is 1.82. The molecule has 0 bridgehead atoms. The van der Waals surface area contributed by atoms with Gasteiger partial charge in [0.2, 0.25) is 0 Å². The molecule has 1 N–H and O–H groups in total. The van der Waals surface area contributed by atoms with E-state index in [1.165, 1.54) is 12.1 Å². The Bertz CT molecular complexity index is 663. The predicted octanol–water partition coefficient (Wildman–Crippen LogP) is 2.59. The first-order valence-electron chi connectivity index (χ1n) is 5.99. The molecule has 0 fully saturated rings. The molecule has 2 aromatic rings. The van der Waals surface area contributed by atoms with Crippen molar-refractivity contribution in [1.29, 1.82) is 0 Å². The minimum atomic E-state index is -0.664. The maximum atomic E-state index is 13.8. The smallest absolute Gasteiger partial charge is 0.256 e. The van der Waals surface area contributed by atoms with E-state index in [4.69, 9.17) is 0 Å². The summed E-state index contributed by atoms with van der Waals surface area (Å²) in [6.45, 7) is 0.637. The number of aromatic amines is 1. The molecule has 1 aromatic carbocycles. The highest BCUT2D eigenvalue weighted by atomic mass is 19.1. The summed E-state index contributed by atoms with van der Waals surface area (Å²) in [4.78, 5) is 16.8. The largest absolute Gasteiger partial charge is 0.364 e. The third-order valence-electron chi connectivity index (χ3n) is 3.44. The average Bonchev–Trinajstić information content (AvgIpc) is 2.78. The van der Waals surface area contributed by atoms with Gasteiger partial charge in [-0.3, -0.25) is 4.79 Å². The number of aromatic nitrogens is 1. The van der Waals surface area contributed by atoms with Crippen molar-refractivity contribution >= 4 is 5.91 Å². The summed E-state index contributed by atoms with van der Waals surface area (Å²) >= 11 is 0. The number of carbonyl (C=O) groups is 1. The number of benzene rings is 1. The lowest BCUT2D eigenvalue weighted by molar-refractivity contribution is 0.0781. The lowest BCUT2D eigenvalue weighted by Crippen LogP contribution is -2.34. The molecule has 0 radical (unpaired) electrons. The second-order valence-corrected chi connectivity index (χ2v) is 4.66. The molecule has 1 aliphatic rings. The quantitative estimate of drug-likeness (QED) is 0.842. The zero-order valence-electron chi connectivity index (χ0n) is 10.3. The Hall–Kier alpha value is -2.17. The molecule has 0 atom stereocenters. The Balaban J connectivity index is 2.17. The van der Waals surface area contributed by atoms with Crippen molar-refractivity contribution in [2.75, 3.05) is 13.6 Å². The molecule has 1 aromatic heterocycles. The second kappa shape index (κ2) is 4.19. The lowest BCUT2D eigenvalue weighted by Gasteiger charge is -2.23. The summed E-state index contributed by atoms with van der Waals surface area (Å²) in [7, 11) is 1.71. The van der Waals surface area contributed by atoms with E-state index in [0.717, 1.165) is 11.8 Å². The van der Waals surface area contributed by atoms with Crippen LogP contribution >= 0.6 is 0 Å². The highest BCUT2D eigenvalue weighted by molar-refractivity contribution is 6.02. The molecule has 3 nitrogen and oxygen atoms in total. The van der Waals surface area contributed by atoms with Crippen LogP contribution in [0.15, 0.2) is 24.4 Å². The van der Waals surface area contributed by atoms with Crippen LogP contribution in [0, 0.1) is 11.6 Å². The molecule has 0 aliphatic carbocycles. The van der Waals surface area contributed by atoms with Crippen molar-refractivity contribution in [3.05, 3.63) is 47.3 Å². The van der Waals surface area contributed by atoms with E-state index < -0.39 is 11.6 Å². The third-order valence-corrected chi connectivity index (χ3v) is 3.44. The number of halogens is 2. The number of hydrogen-bond donors (Lipinski definition) is 1. The molecule has 2 heterocycles. The number of H-pyrrole nitrogens is 1. The van der Waals surface area contributed by atoms with Gasteiger partial charge in [0.1, 0.15) is 11.6 Å². The Morgan fingerprint density at radius 3 is 2.79 bits per heavy atom. The summed E-state index contributed by atoms with van der Waals surface area (Å²) < 4.78 is 26.8. The van der Waals surface area contributed by atoms with E-state index in [0.29, 0.717) is 24.1 Å². The van der Waals surface area contributed by atoms with E-state index in [1.807, 2.05) is 0 Å². The summed E-state index contributed by atoms with van der Waals surface area (Å²) in [5, 5.41) is 0. The monoisotopic (exact) mass is 262 g/mol. The maximum absolute atomic E-state index is 13.8. The van der Waals surface area contributed by atoms with Gasteiger partial charge in [-0.05, 0) is 12.1 Å². The molecule has 0 unspecified atom stereocenters. The van der Waals surface area contributed by atoms with Gasteiger partial charge in [0.15, 0.2) is 0 Å². The molecule has 0 spiro atoms. The number of amides is 1. The van der Waals surface area contributed by atoms with Crippen molar-refractivity contribution < 1.29 is 13.6 Å². The Kier molecular flexibility index (Phi) is 2.62. The number of hydrogen-bond acceptors (Lipinski definition) is 1. The van der Waals surface area contributed by atoms with Crippen LogP contribution < -0.4 is 0 Å². The first-order chi connectivity index (χ1) is 9.08. The fraction of sp³-hybridized carbons (Fsp3) is 0.214. The van der Waals surface area contributed by atoms with E-state index >= 15 is 0 Å². The molecule has 1 amide bonds. The maximum Gasteiger partial charge on any atom is 0.256 e. The van der Waals surface area contributed by atoms with Gasteiger partial charge in [-0.25, -0.2) is 8.78 Å². The predicted molar refractivity (Wildman–Crippen MR) is 66.8 cm³/mol. The Labute approximate surface area is 108 Å². The van der Waals surface area contributed by atoms with Crippen molar-refractivity contribution in [3.8, 4) is 11.1 Å². The van der Waals surface area contributed by atoms with Crippen LogP contribution in [0.2, 0.25) is 0 Å². The number of fused-ring (bicyclic) bond motifs is 1. The van der Waals surface area contributed by atoms with Crippen molar-refractivity contribution in [3.63, 3.8) is 0 Å². The van der Waals surface area contributed by atoms with E-state index in [2.05, 4.69) is 4.98 Å². The van der Waals surface area contributed by atoms with Crippen molar-refractivity contribution in [2.45, 2.75) is 6.42 Å². The van der Waals surface area contributed by atoms with Crippen LogP contribution in [0.25, 0.3) is 11.1 Å². The van der Waals surface area contributed by atoms with E-state index in [-0.39, 0.29) is 11.5 Å². The van der Waals surface area contributed by atoms with Crippen molar-refractivity contribution in [2.24, 2.45) is 0 Å². The fourth-order valence-electron chi connectivity index (χ4n) is 2.40. The zero-order chi connectivity index (χ0) is 13.6. The fourth-order valence-corrected chi connectivity index (χ4v) is 2.40. The summed E-state index contributed by atoms with van der Waals surface area (Å²) in [6, 6.07) is 3.37. The zero-order valence-corrected chi connectivity index (χ0v) is 10.3. The van der Waals surface area contributed by atoms with Crippen LogP contribution in [0.5, 0.6) is 0 Å². The minimum Gasteiger partial charge on any atom is -0.364 e. The summed E-state index contributed by atoms with van der Waals surface area (Å²) in [6.07, 6.45) is 2.32. The van der Waals surface area contributed by atoms with Gasteiger partial charge < -0.3 is 9.88 Å². The molecular weight excluding hydrogens is 250 g/mol. The molecule has 98 valence electrons. The van der Waals surface area contributed by atoms with Crippen LogP contribution in [0.3, 0.4) is 0 Å². The standard InChI is InChI=1S/C14H12F2N2O/c1-18-5-4-12-13(14(18)19)10(7-17-12)9-3-2-8(15)6-11(9)16/h2-3,6-7,17H,4-5H2,1H3. The topological polar surface area (TPSA) is 36.1 Å². The van der Waals surface area contributed by atoms with Crippen LogP contribution in [-0.4, -0.2) is 29.4 Å². The van der Waals surface area contributed by atoms with Crippen LogP contribution in [-0.2, 0) is 6.42 Å². The van der Waals surface area contributed by atoms with Gasteiger partial charge in [0, 0.05) is 49.1 Å². The molecule has 19 heavy (non-hydrogen) atoms. The van der Waals surface area contributed by atoms with Gasteiger partial charge in [-0.2, -0.15) is 0 Å². The van der Waals surface area contributed by atoms with E-state index in [1.54, 1.807) is 18.1 Å². The van der Waals surface area contributed by atoms with Crippen molar-refractivity contribution in [1.82, 2.24) is 9.88 Å². The lowest BCUT2D eigenvalue weighted by atomic mass is 9.98. The highest BCUT2D eigenvalue weighted by Crippen LogP contribution is 2.31. The highest BCUT2D eigenvalue weighted by Gasteiger charge is 2.27. The summed E-state index contributed by atoms with van der Waals surface area (Å²) in [5.74, 6) is -1.43. The minimum absolute atomic E-state index is 0.138. The molecule has 0 saturated heterocycles. The van der Waals surface area contributed by atoms with Crippen LogP contribution in [0.4, 0.5) is 8.78 Å². The van der Waals surface area contributed by atoms with Gasteiger partial charge in [-0.1, -0.05) is 0 Å². The molecule has 1 aliphatic heterocycles. The Morgan fingerprint density at radius 1 is 1.26 bits per heavy atom. The molecular formula is C14H12F2N2O. The number of rotatable bonds is 1. The van der Waals surface area contributed by atoms with E-state index in [9.17, 15) is 13.6 Å². The average molecular weight is 262 g/mol. The first-order valence-corrected chi connectivity index (χ1v) is 5.99. The molecule has 5 heteroatoms. The van der Waals surface area contributed by atoms with Crippen LogP contribution in [0.1, 0.15) is 16.1 Å². The molecule has 3 rings (SSSR count). The second-order valence-electron chi connectivity index (χ2n) is 4.66. The summed E-state index contributed by atoms with van der Waals surface area (Å²) in [5.41, 5.74) is 2.02. The molecule has 0 saturated carbocycles. The number of carbonyl (C=O) groups excluding carboxylic acids is 1. The van der Waals surface area contributed by atoms with Gasteiger partial charge in [-0.15, -0.1) is 0 Å².